The second-order valence-electron chi connectivity index (χ2n) is 4.47. The Kier molecular flexibility index (Phi) is 4.81. The summed E-state index contributed by atoms with van der Waals surface area (Å²) >= 11 is 0. The molecule has 0 aromatic heterocycles. The van der Waals surface area contributed by atoms with Gasteiger partial charge in [0.25, 0.3) is 0 Å². The molecule has 1 saturated heterocycles. The molecule has 0 aliphatic carbocycles. The lowest BCUT2D eigenvalue weighted by molar-refractivity contribution is 0.0990. The minimum Gasteiger partial charge on any atom is -0.394 e. The summed E-state index contributed by atoms with van der Waals surface area (Å²) in [6.07, 6.45) is 2.45. The van der Waals surface area contributed by atoms with Crippen molar-refractivity contribution in [3.63, 3.8) is 0 Å². The summed E-state index contributed by atoms with van der Waals surface area (Å²) in [5.41, 5.74) is -0.530. The molecule has 0 bridgehead atoms. The summed E-state index contributed by atoms with van der Waals surface area (Å²) in [6.45, 7) is 4.81. The minimum atomic E-state index is -0.530. The third-order valence-electron chi connectivity index (χ3n) is 2.91. The normalized spacial score (nSPS) is 23.8. The topological polar surface area (TPSA) is 64.5 Å². The van der Waals surface area contributed by atoms with Crippen LogP contribution < -0.4 is 10.6 Å². The predicted octanol–water partition coefficient (Wildman–Crippen LogP) is -0.681. The van der Waals surface area contributed by atoms with Crippen molar-refractivity contribution < 1.29 is 10.2 Å². The highest BCUT2D eigenvalue weighted by Gasteiger charge is 2.23. The molecule has 1 atom stereocenters. The maximum Gasteiger partial charge on any atom is 0.0633 e. The Morgan fingerprint density at radius 3 is 2.64 bits per heavy atom. The van der Waals surface area contributed by atoms with Crippen LogP contribution in [-0.4, -0.2) is 48.6 Å². The van der Waals surface area contributed by atoms with Gasteiger partial charge < -0.3 is 20.8 Å². The quantitative estimate of drug-likeness (QED) is 0.477. The average molecular weight is 202 g/mol. The first-order chi connectivity index (χ1) is 6.70. The highest BCUT2D eigenvalue weighted by atomic mass is 16.3. The fourth-order valence-electron chi connectivity index (χ4n) is 1.65. The molecular formula is C10H22N2O2. The van der Waals surface area contributed by atoms with Gasteiger partial charge in [-0.15, -0.1) is 0 Å². The Bertz CT molecular complexity index is 154. The van der Waals surface area contributed by atoms with Crippen LogP contribution in [0.15, 0.2) is 0 Å². The summed E-state index contributed by atoms with van der Waals surface area (Å²) in [5.74, 6) is 0.626. The predicted molar refractivity (Wildman–Crippen MR) is 56.2 cm³/mol. The van der Waals surface area contributed by atoms with Gasteiger partial charge in [0.05, 0.1) is 18.8 Å². The van der Waals surface area contributed by atoms with E-state index in [2.05, 4.69) is 10.6 Å². The van der Waals surface area contributed by atoms with Crippen LogP contribution in [0.25, 0.3) is 0 Å². The van der Waals surface area contributed by atoms with E-state index in [1.165, 1.54) is 12.8 Å². The molecule has 1 unspecified atom stereocenters. The smallest absolute Gasteiger partial charge is 0.0633 e. The molecule has 0 aromatic rings. The van der Waals surface area contributed by atoms with Gasteiger partial charge in [0.1, 0.15) is 0 Å². The summed E-state index contributed by atoms with van der Waals surface area (Å²) < 4.78 is 0. The van der Waals surface area contributed by atoms with Crippen molar-refractivity contribution in [1.29, 1.82) is 0 Å². The summed E-state index contributed by atoms with van der Waals surface area (Å²) in [6, 6.07) is 0. The van der Waals surface area contributed by atoms with Crippen LogP contribution in [0.5, 0.6) is 0 Å². The van der Waals surface area contributed by atoms with Gasteiger partial charge in [-0.05, 0) is 45.3 Å². The number of hydrogen-bond acceptors (Lipinski definition) is 4. The van der Waals surface area contributed by atoms with E-state index in [0.717, 1.165) is 19.6 Å². The molecule has 1 fully saturated rings. The van der Waals surface area contributed by atoms with E-state index in [1.54, 1.807) is 0 Å². The fourth-order valence-corrected chi connectivity index (χ4v) is 1.65. The molecule has 1 heterocycles. The largest absolute Gasteiger partial charge is 0.394 e. The van der Waals surface area contributed by atoms with Gasteiger partial charge in [0.2, 0.25) is 0 Å². The number of rotatable bonds is 5. The Hall–Kier alpha value is -0.160. The van der Waals surface area contributed by atoms with Gasteiger partial charge in [-0.25, -0.2) is 0 Å². The molecular weight excluding hydrogens is 180 g/mol. The van der Waals surface area contributed by atoms with E-state index in [1.807, 2.05) is 6.92 Å². The lowest BCUT2D eigenvalue weighted by Gasteiger charge is -2.30. The monoisotopic (exact) mass is 202 g/mol. The molecule has 4 nitrogen and oxygen atoms in total. The molecule has 0 aromatic carbocycles. The van der Waals surface area contributed by atoms with Crippen LogP contribution in [0.4, 0.5) is 0 Å². The molecule has 1 aliphatic heterocycles. The number of piperidine rings is 1. The van der Waals surface area contributed by atoms with Crippen molar-refractivity contribution in [3.8, 4) is 0 Å². The molecule has 14 heavy (non-hydrogen) atoms. The standard InChI is InChI=1S/C10H22N2O2/c1-10(7-13,8-14)12-6-9-3-2-4-11-5-9/h9,11-14H,2-8H2,1H3. The molecule has 4 heteroatoms. The van der Waals surface area contributed by atoms with E-state index < -0.39 is 5.54 Å². The summed E-state index contributed by atoms with van der Waals surface area (Å²) in [5, 5.41) is 24.7. The van der Waals surface area contributed by atoms with Crippen molar-refractivity contribution in [2.75, 3.05) is 32.8 Å². The van der Waals surface area contributed by atoms with Crippen molar-refractivity contribution >= 4 is 0 Å². The Morgan fingerprint density at radius 1 is 1.43 bits per heavy atom. The third-order valence-corrected chi connectivity index (χ3v) is 2.91. The maximum absolute atomic E-state index is 9.08. The molecule has 0 amide bonds. The molecule has 4 N–H and O–H groups in total. The molecule has 84 valence electrons. The minimum absolute atomic E-state index is 0.0242. The van der Waals surface area contributed by atoms with Crippen molar-refractivity contribution in [2.45, 2.75) is 25.3 Å². The van der Waals surface area contributed by atoms with Gasteiger partial charge in [0, 0.05) is 0 Å². The Morgan fingerprint density at radius 2 is 2.14 bits per heavy atom. The zero-order valence-electron chi connectivity index (χ0n) is 8.92. The van der Waals surface area contributed by atoms with Gasteiger partial charge in [-0.3, -0.25) is 0 Å². The molecule has 0 radical (unpaired) electrons. The second-order valence-corrected chi connectivity index (χ2v) is 4.47. The number of nitrogens with one attached hydrogen (secondary N) is 2. The van der Waals surface area contributed by atoms with Crippen LogP contribution in [0.2, 0.25) is 0 Å². The SMILES string of the molecule is CC(CO)(CO)NCC1CCCNC1. The molecule has 1 aliphatic rings. The number of aliphatic hydroxyl groups excluding tert-OH is 2. The Balaban J connectivity index is 2.23. The van der Waals surface area contributed by atoms with Crippen molar-refractivity contribution in [2.24, 2.45) is 5.92 Å². The summed E-state index contributed by atoms with van der Waals surface area (Å²) in [4.78, 5) is 0. The highest BCUT2D eigenvalue weighted by Crippen LogP contribution is 2.10. The van der Waals surface area contributed by atoms with Gasteiger partial charge in [-0.2, -0.15) is 0 Å². The van der Waals surface area contributed by atoms with E-state index in [0.29, 0.717) is 5.92 Å². The Labute approximate surface area is 85.7 Å². The highest BCUT2D eigenvalue weighted by molar-refractivity contribution is 4.83. The van der Waals surface area contributed by atoms with Crippen LogP contribution in [0.3, 0.4) is 0 Å². The van der Waals surface area contributed by atoms with Gasteiger partial charge in [0.15, 0.2) is 0 Å². The first-order valence-electron chi connectivity index (χ1n) is 5.37. The van der Waals surface area contributed by atoms with Crippen LogP contribution in [0.1, 0.15) is 19.8 Å². The van der Waals surface area contributed by atoms with E-state index in [4.69, 9.17) is 10.2 Å². The lowest BCUT2D eigenvalue weighted by Crippen LogP contribution is -2.51. The zero-order chi connectivity index (χ0) is 10.4. The summed E-state index contributed by atoms with van der Waals surface area (Å²) in [7, 11) is 0. The first kappa shape index (κ1) is 11.9. The van der Waals surface area contributed by atoms with E-state index in [-0.39, 0.29) is 13.2 Å². The van der Waals surface area contributed by atoms with Crippen molar-refractivity contribution in [3.05, 3.63) is 0 Å². The molecule has 1 rings (SSSR count). The maximum atomic E-state index is 9.08. The number of hydrogen-bond donors (Lipinski definition) is 4. The lowest BCUT2D eigenvalue weighted by atomic mass is 9.97. The first-order valence-corrected chi connectivity index (χ1v) is 5.37. The second kappa shape index (κ2) is 5.66. The average Bonchev–Trinajstić information content (AvgIpc) is 2.27. The van der Waals surface area contributed by atoms with Crippen LogP contribution in [0, 0.1) is 5.92 Å². The third kappa shape index (κ3) is 3.53. The molecule has 0 saturated carbocycles. The van der Waals surface area contributed by atoms with Crippen LogP contribution >= 0.6 is 0 Å². The van der Waals surface area contributed by atoms with Crippen LogP contribution in [-0.2, 0) is 0 Å². The van der Waals surface area contributed by atoms with E-state index >= 15 is 0 Å². The molecule has 0 spiro atoms. The fraction of sp³-hybridized carbons (Fsp3) is 1.00. The zero-order valence-corrected chi connectivity index (χ0v) is 8.92. The number of aliphatic hydroxyl groups is 2. The van der Waals surface area contributed by atoms with E-state index in [9.17, 15) is 0 Å². The van der Waals surface area contributed by atoms with Crippen molar-refractivity contribution in [1.82, 2.24) is 10.6 Å². The van der Waals surface area contributed by atoms with Gasteiger partial charge in [-0.1, -0.05) is 0 Å². The van der Waals surface area contributed by atoms with Gasteiger partial charge >= 0.3 is 0 Å².